The quantitative estimate of drug-likeness (QED) is 0.819. The molecule has 0 spiro atoms. The molecule has 8 heteroatoms. The fraction of sp³-hybridized carbons (Fsp3) is 0.647. The Balaban J connectivity index is 1.62. The standard InChI is InChI=1S/C17H23N5O3/c1-10-15(11(2)25-19-10)17(23)21-7-13(9-24-3)16-14(8-21)18-20-22(16)6-12-4-5-12/h12-13H,4-9H2,1-3H3/t13-/m0/s1. The minimum absolute atomic E-state index is 0.0697. The van der Waals surface area contributed by atoms with Crippen LogP contribution >= 0.6 is 0 Å². The lowest BCUT2D eigenvalue weighted by atomic mass is 9.97. The fourth-order valence-electron chi connectivity index (χ4n) is 3.63. The number of rotatable bonds is 5. The molecule has 0 bridgehead atoms. The largest absolute Gasteiger partial charge is 0.384 e. The number of hydrogen-bond acceptors (Lipinski definition) is 6. The molecule has 1 amide bonds. The molecule has 1 aliphatic carbocycles. The molecule has 2 aromatic rings. The number of ether oxygens (including phenoxy) is 1. The number of carbonyl (C=O) groups excluding carboxylic acids is 1. The van der Waals surface area contributed by atoms with Crippen molar-refractivity contribution in [3.8, 4) is 0 Å². The SMILES string of the molecule is COC[C@@H]1CN(C(=O)c2c(C)noc2C)Cc2nnn(CC3CC3)c21. The second kappa shape index (κ2) is 6.25. The van der Waals surface area contributed by atoms with Crippen molar-refractivity contribution in [2.24, 2.45) is 5.92 Å². The van der Waals surface area contributed by atoms with E-state index >= 15 is 0 Å². The maximum Gasteiger partial charge on any atom is 0.259 e. The summed E-state index contributed by atoms with van der Waals surface area (Å²) in [6.07, 6.45) is 2.53. The van der Waals surface area contributed by atoms with Crippen LogP contribution in [0.2, 0.25) is 0 Å². The van der Waals surface area contributed by atoms with Gasteiger partial charge in [0, 0.05) is 26.1 Å². The van der Waals surface area contributed by atoms with Gasteiger partial charge >= 0.3 is 0 Å². The van der Waals surface area contributed by atoms with Gasteiger partial charge in [-0.25, -0.2) is 4.68 Å². The van der Waals surface area contributed by atoms with Crippen LogP contribution in [0.1, 0.15) is 52.0 Å². The van der Waals surface area contributed by atoms with Crippen molar-refractivity contribution in [1.82, 2.24) is 25.1 Å². The van der Waals surface area contributed by atoms with Gasteiger partial charge in [0.25, 0.3) is 5.91 Å². The van der Waals surface area contributed by atoms with E-state index in [2.05, 4.69) is 15.5 Å². The van der Waals surface area contributed by atoms with Crippen LogP contribution in [-0.4, -0.2) is 51.2 Å². The molecule has 4 rings (SSSR count). The summed E-state index contributed by atoms with van der Waals surface area (Å²) in [5, 5.41) is 12.6. The Bertz CT molecular complexity index is 773. The highest BCUT2D eigenvalue weighted by molar-refractivity contribution is 5.96. The molecule has 8 nitrogen and oxygen atoms in total. The highest BCUT2D eigenvalue weighted by atomic mass is 16.5. The van der Waals surface area contributed by atoms with Gasteiger partial charge in [0.15, 0.2) is 0 Å². The van der Waals surface area contributed by atoms with Crippen LogP contribution in [0.25, 0.3) is 0 Å². The molecule has 1 fully saturated rings. The molecule has 0 aromatic carbocycles. The summed E-state index contributed by atoms with van der Waals surface area (Å²) in [7, 11) is 1.68. The maximum atomic E-state index is 13.0. The maximum absolute atomic E-state index is 13.0. The second-order valence-electron chi connectivity index (χ2n) is 7.08. The summed E-state index contributed by atoms with van der Waals surface area (Å²) < 4.78 is 12.6. The number of amides is 1. The first-order chi connectivity index (χ1) is 12.1. The lowest BCUT2D eigenvalue weighted by Gasteiger charge is -2.32. The van der Waals surface area contributed by atoms with Crippen molar-refractivity contribution in [3.63, 3.8) is 0 Å². The molecule has 134 valence electrons. The predicted octanol–water partition coefficient (Wildman–Crippen LogP) is 1.68. The summed E-state index contributed by atoms with van der Waals surface area (Å²) >= 11 is 0. The van der Waals surface area contributed by atoms with Crippen LogP contribution in [-0.2, 0) is 17.8 Å². The predicted molar refractivity (Wildman–Crippen MR) is 88.1 cm³/mol. The Morgan fingerprint density at radius 2 is 2.16 bits per heavy atom. The van der Waals surface area contributed by atoms with E-state index in [0.29, 0.717) is 36.7 Å². The molecular weight excluding hydrogens is 322 g/mol. The Morgan fingerprint density at radius 3 is 2.80 bits per heavy atom. The van der Waals surface area contributed by atoms with Crippen LogP contribution in [0, 0.1) is 19.8 Å². The van der Waals surface area contributed by atoms with Crippen LogP contribution < -0.4 is 0 Å². The van der Waals surface area contributed by atoms with E-state index in [-0.39, 0.29) is 11.8 Å². The van der Waals surface area contributed by atoms with Crippen molar-refractivity contribution in [1.29, 1.82) is 0 Å². The van der Waals surface area contributed by atoms with Gasteiger partial charge < -0.3 is 14.2 Å². The first kappa shape index (κ1) is 16.3. The Labute approximate surface area is 146 Å². The summed E-state index contributed by atoms with van der Waals surface area (Å²) in [4.78, 5) is 14.8. The van der Waals surface area contributed by atoms with E-state index in [1.165, 1.54) is 12.8 Å². The second-order valence-corrected chi connectivity index (χ2v) is 7.08. The van der Waals surface area contributed by atoms with Gasteiger partial charge in [-0.1, -0.05) is 10.4 Å². The van der Waals surface area contributed by atoms with Crippen molar-refractivity contribution < 1.29 is 14.1 Å². The first-order valence-corrected chi connectivity index (χ1v) is 8.71. The van der Waals surface area contributed by atoms with Crippen molar-refractivity contribution >= 4 is 5.91 Å². The Hall–Kier alpha value is -2.22. The van der Waals surface area contributed by atoms with Crippen molar-refractivity contribution in [3.05, 3.63) is 28.4 Å². The lowest BCUT2D eigenvalue weighted by Crippen LogP contribution is -2.40. The summed E-state index contributed by atoms with van der Waals surface area (Å²) in [6, 6.07) is 0. The first-order valence-electron chi connectivity index (χ1n) is 8.71. The van der Waals surface area contributed by atoms with E-state index in [0.717, 1.165) is 23.9 Å². The molecule has 1 aliphatic heterocycles. The van der Waals surface area contributed by atoms with E-state index < -0.39 is 0 Å². The van der Waals surface area contributed by atoms with E-state index in [9.17, 15) is 4.79 Å². The highest BCUT2D eigenvalue weighted by Crippen LogP contribution is 2.34. The molecule has 25 heavy (non-hydrogen) atoms. The van der Waals surface area contributed by atoms with Gasteiger partial charge in [0.05, 0.1) is 24.5 Å². The normalized spacial score (nSPS) is 20.0. The number of hydrogen-bond donors (Lipinski definition) is 0. The molecule has 2 aliphatic rings. The third kappa shape index (κ3) is 2.95. The van der Waals surface area contributed by atoms with Gasteiger partial charge in [-0.2, -0.15) is 0 Å². The molecule has 0 unspecified atom stereocenters. The molecule has 1 atom stereocenters. The molecule has 0 radical (unpaired) electrons. The Kier molecular flexibility index (Phi) is 4.07. The zero-order valence-corrected chi connectivity index (χ0v) is 14.9. The minimum Gasteiger partial charge on any atom is -0.384 e. The summed E-state index contributed by atoms with van der Waals surface area (Å²) in [5.74, 6) is 1.27. The van der Waals surface area contributed by atoms with Crippen molar-refractivity contribution in [2.45, 2.75) is 45.7 Å². The van der Waals surface area contributed by atoms with Crippen LogP contribution in [0.5, 0.6) is 0 Å². The number of aryl methyl sites for hydroxylation is 2. The molecule has 3 heterocycles. The zero-order valence-electron chi connectivity index (χ0n) is 14.9. The number of nitrogens with zero attached hydrogens (tertiary/aromatic N) is 5. The lowest BCUT2D eigenvalue weighted by molar-refractivity contribution is 0.0670. The van der Waals surface area contributed by atoms with E-state index in [1.54, 1.807) is 25.9 Å². The monoisotopic (exact) mass is 345 g/mol. The third-order valence-corrected chi connectivity index (χ3v) is 5.05. The summed E-state index contributed by atoms with van der Waals surface area (Å²) in [6.45, 7) is 6.06. The van der Waals surface area contributed by atoms with Crippen LogP contribution in [0.15, 0.2) is 4.52 Å². The number of carbonyl (C=O) groups is 1. The van der Waals surface area contributed by atoms with Gasteiger partial charge in [-0.3, -0.25) is 4.79 Å². The molecule has 0 N–H and O–H groups in total. The summed E-state index contributed by atoms with van der Waals surface area (Å²) in [5.41, 5.74) is 3.16. The smallest absolute Gasteiger partial charge is 0.259 e. The van der Waals surface area contributed by atoms with E-state index in [1.807, 2.05) is 4.68 Å². The topological polar surface area (TPSA) is 86.3 Å². The third-order valence-electron chi connectivity index (χ3n) is 5.05. The number of aromatic nitrogens is 4. The molecule has 1 saturated carbocycles. The van der Waals surface area contributed by atoms with Crippen LogP contribution in [0.4, 0.5) is 0 Å². The van der Waals surface area contributed by atoms with Gasteiger partial charge in [0.1, 0.15) is 17.0 Å². The fourth-order valence-corrected chi connectivity index (χ4v) is 3.63. The van der Waals surface area contributed by atoms with E-state index in [4.69, 9.17) is 9.26 Å². The molecule has 0 saturated heterocycles. The van der Waals surface area contributed by atoms with Crippen LogP contribution in [0.3, 0.4) is 0 Å². The van der Waals surface area contributed by atoms with Crippen molar-refractivity contribution in [2.75, 3.05) is 20.3 Å². The number of methoxy groups -OCH3 is 1. The molecule has 2 aromatic heterocycles. The Morgan fingerprint density at radius 1 is 1.36 bits per heavy atom. The zero-order chi connectivity index (χ0) is 17.6. The highest BCUT2D eigenvalue weighted by Gasteiger charge is 2.36. The van der Waals surface area contributed by atoms with Gasteiger partial charge in [0.2, 0.25) is 0 Å². The average Bonchev–Trinajstić information content (AvgIpc) is 3.22. The van der Waals surface area contributed by atoms with Gasteiger partial charge in [-0.15, -0.1) is 5.10 Å². The molecular formula is C17H23N5O3. The van der Waals surface area contributed by atoms with Gasteiger partial charge in [-0.05, 0) is 32.6 Å². The minimum atomic E-state index is -0.0697. The average molecular weight is 345 g/mol. The number of fused-ring (bicyclic) bond motifs is 1.